The predicted molar refractivity (Wildman–Crippen MR) is 99.1 cm³/mol. The second kappa shape index (κ2) is 5.92. The molecule has 2 heterocycles. The highest BCUT2D eigenvalue weighted by Crippen LogP contribution is 2.35. The lowest BCUT2D eigenvalue weighted by molar-refractivity contribution is 0.0964. The first-order valence-electron chi connectivity index (χ1n) is 8.24. The maximum absolute atomic E-state index is 12.8. The summed E-state index contributed by atoms with van der Waals surface area (Å²) in [6.45, 7) is 0. The molecule has 0 N–H and O–H groups in total. The molecule has 3 aromatic rings. The zero-order valence-electron chi connectivity index (χ0n) is 14.3. The van der Waals surface area contributed by atoms with Gasteiger partial charge in [-0.25, -0.2) is 9.78 Å². The van der Waals surface area contributed by atoms with Crippen LogP contribution in [0.3, 0.4) is 0 Å². The van der Waals surface area contributed by atoms with E-state index in [1.54, 1.807) is 13.1 Å². The zero-order chi connectivity index (χ0) is 18.6. The minimum Gasteiger partial charge on any atom is -0.294 e. The Kier molecular flexibility index (Phi) is 3.80. The molecule has 0 fully saturated rings. The number of benzene rings is 1. The van der Waals surface area contributed by atoms with Gasteiger partial charge >= 0.3 is 5.69 Å². The minimum atomic E-state index is -0.441. The van der Waals surface area contributed by atoms with Gasteiger partial charge in [-0.15, -0.1) is 0 Å². The fourth-order valence-electron chi connectivity index (χ4n) is 3.69. The van der Waals surface area contributed by atoms with Crippen LogP contribution in [0.25, 0.3) is 11.0 Å². The molecule has 6 nitrogen and oxygen atoms in total. The Bertz CT molecular complexity index is 1190. The fourth-order valence-corrected chi connectivity index (χ4v) is 3.89. The molecule has 0 bridgehead atoms. The van der Waals surface area contributed by atoms with Crippen LogP contribution in [0.2, 0.25) is 5.02 Å². The average Bonchev–Trinajstić information content (AvgIpc) is 2.63. The lowest BCUT2D eigenvalue weighted by atomic mass is 9.79. The maximum Gasteiger partial charge on any atom is 0.332 e. The number of rotatable bonds is 1. The summed E-state index contributed by atoms with van der Waals surface area (Å²) in [7, 11) is 3.01. The molecule has 0 radical (unpaired) electrons. The van der Waals surface area contributed by atoms with E-state index in [0.29, 0.717) is 40.0 Å². The lowest BCUT2D eigenvalue weighted by Crippen LogP contribution is -2.38. The van der Waals surface area contributed by atoms with Crippen LogP contribution in [0.5, 0.6) is 0 Å². The van der Waals surface area contributed by atoms with Crippen LogP contribution in [0, 0.1) is 0 Å². The van der Waals surface area contributed by atoms with Crippen molar-refractivity contribution in [1.29, 1.82) is 0 Å². The zero-order valence-corrected chi connectivity index (χ0v) is 15.1. The van der Waals surface area contributed by atoms with Gasteiger partial charge in [0.2, 0.25) is 0 Å². The van der Waals surface area contributed by atoms with Gasteiger partial charge in [0.15, 0.2) is 5.78 Å². The van der Waals surface area contributed by atoms with E-state index in [9.17, 15) is 14.4 Å². The Hall–Kier alpha value is -2.73. The van der Waals surface area contributed by atoms with Gasteiger partial charge in [0.05, 0.1) is 5.39 Å². The molecule has 1 aliphatic carbocycles. The fraction of sp³-hybridized carbons (Fsp3) is 0.263. The number of carbonyl (C=O) groups is 1. The summed E-state index contributed by atoms with van der Waals surface area (Å²) in [5.74, 6) is -0.122. The predicted octanol–water partition coefficient (Wildman–Crippen LogP) is 2.20. The number of fused-ring (bicyclic) bond motifs is 3. The van der Waals surface area contributed by atoms with Crippen molar-refractivity contribution < 1.29 is 4.79 Å². The summed E-state index contributed by atoms with van der Waals surface area (Å²) in [4.78, 5) is 41.8. The Morgan fingerprint density at radius 2 is 1.88 bits per heavy atom. The molecule has 132 valence electrons. The third-order valence-corrected chi connectivity index (χ3v) is 5.31. The van der Waals surface area contributed by atoms with Crippen molar-refractivity contribution >= 4 is 28.4 Å². The third-order valence-electron chi connectivity index (χ3n) is 5.08. The molecule has 0 saturated carbocycles. The molecule has 1 atom stereocenters. The molecular weight excluding hydrogens is 354 g/mol. The number of aryl methyl sites for hydroxylation is 1. The van der Waals surface area contributed by atoms with Gasteiger partial charge in [0, 0.05) is 37.3 Å². The van der Waals surface area contributed by atoms with Crippen molar-refractivity contribution in [2.45, 2.75) is 18.8 Å². The first kappa shape index (κ1) is 16.7. The van der Waals surface area contributed by atoms with Crippen molar-refractivity contribution in [2.75, 3.05) is 0 Å². The minimum absolute atomic E-state index is 0.0541. The molecule has 0 aliphatic heterocycles. The number of Topliss-reactive ketones (excluding diaryl/α,β-unsaturated/α-hetero) is 1. The van der Waals surface area contributed by atoms with E-state index in [0.717, 1.165) is 10.1 Å². The Morgan fingerprint density at radius 3 is 2.62 bits per heavy atom. The molecule has 0 spiro atoms. The Morgan fingerprint density at radius 1 is 1.12 bits per heavy atom. The van der Waals surface area contributed by atoms with Gasteiger partial charge in [0.1, 0.15) is 5.65 Å². The summed E-state index contributed by atoms with van der Waals surface area (Å²) < 4.78 is 2.39. The third kappa shape index (κ3) is 2.41. The van der Waals surface area contributed by atoms with Crippen LogP contribution in [0.4, 0.5) is 0 Å². The van der Waals surface area contributed by atoms with Crippen LogP contribution in [-0.2, 0) is 20.5 Å². The molecule has 0 unspecified atom stereocenters. The van der Waals surface area contributed by atoms with E-state index in [1.165, 1.54) is 17.8 Å². The van der Waals surface area contributed by atoms with E-state index >= 15 is 0 Å². The van der Waals surface area contributed by atoms with Gasteiger partial charge in [-0.2, -0.15) is 0 Å². The van der Waals surface area contributed by atoms with E-state index in [4.69, 9.17) is 11.6 Å². The van der Waals surface area contributed by atoms with Crippen LogP contribution in [-0.4, -0.2) is 19.9 Å². The van der Waals surface area contributed by atoms with E-state index in [-0.39, 0.29) is 11.7 Å². The second-order valence-corrected chi connectivity index (χ2v) is 7.07. The van der Waals surface area contributed by atoms with E-state index < -0.39 is 11.2 Å². The number of ketones is 1. The SMILES string of the molecule is Cn1c(=O)c2c3c(cnc2n(C)c1=O)C(=O)C[C@@H](c1cccc(Cl)c1)C3. The summed E-state index contributed by atoms with van der Waals surface area (Å²) in [5, 5.41) is 0.950. The standard InChI is InChI=1S/C19H16ClN3O3/c1-22-17-16(18(25)23(2)19(22)26)13-7-11(8-15(24)14(13)9-21-17)10-4-3-5-12(20)6-10/h3-6,9,11H,7-8H2,1-2H3/t11-/m0/s1. The second-order valence-electron chi connectivity index (χ2n) is 6.64. The summed E-state index contributed by atoms with van der Waals surface area (Å²) in [6.07, 6.45) is 2.34. The first-order chi connectivity index (χ1) is 12.4. The number of hydrogen-bond acceptors (Lipinski definition) is 4. The number of hydrogen-bond donors (Lipinski definition) is 0. The number of halogens is 1. The van der Waals surface area contributed by atoms with Crippen molar-refractivity contribution in [2.24, 2.45) is 14.1 Å². The molecule has 4 rings (SSSR count). The Balaban J connectivity index is 1.99. The molecule has 0 amide bonds. The van der Waals surface area contributed by atoms with Crippen molar-refractivity contribution in [1.82, 2.24) is 14.1 Å². The van der Waals surface area contributed by atoms with Crippen molar-refractivity contribution in [3.8, 4) is 0 Å². The molecular formula is C19H16ClN3O3. The number of nitrogens with zero attached hydrogens (tertiary/aromatic N) is 3. The summed E-state index contributed by atoms with van der Waals surface area (Å²) in [5.41, 5.74) is 1.52. The van der Waals surface area contributed by atoms with Gasteiger partial charge < -0.3 is 0 Å². The molecule has 1 aliphatic rings. The smallest absolute Gasteiger partial charge is 0.294 e. The monoisotopic (exact) mass is 369 g/mol. The molecule has 1 aromatic carbocycles. The first-order valence-corrected chi connectivity index (χ1v) is 8.62. The van der Waals surface area contributed by atoms with Crippen LogP contribution in [0.15, 0.2) is 40.1 Å². The number of aromatic nitrogens is 3. The molecule has 2 aromatic heterocycles. The molecule has 0 saturated heterocycles. The van der Waals surface area contributed by atoms with Gasteiger partial charge in [0.25, 0.3) is 5.56 Å². The van der Waals surface area contributed by atoms with Gasteiger partial charge in [-0.1, -0.05) is 23.7 Å². The number of carbonyl (C=O) groups excluding carboxylic acids is 1. The highest BCUT2D eigenvalue weighted by molar-refractivity contribution is 6.30. The van der Waals surface area contributed by atoms with Crippen molar-refractivity contribution in [3.63, 3.8) is 0 Å². The van der Waals surface area contributed by atoms with Crippen LogP contribution in [0.1, 0.15) is 33.8 Å². The molecule has 7 heteroatoms. The topological polar surface area (TPSA) is 74.0 Å². The van der Waals surface area contributed by atoms with Crippen molar-refractivity contribution in [3.05, 3.63) is 73.0 Å². The van der Waals surface area contributed by atoms with Gasteiger partial charge in [-0.05, 0) is 35.6 Å². The maximum atomic E-state index is 12.8. The summed E-state index contributed by atoms with van der Waals surface area (Å²) in [6, 6.07) is 7.42. The largest absolute Gasteiger partial charge is 0.332 e. The van der Waals surface area contributed by atoms with E-state index in [1.807, 2.05) is 18.2 Å². The quantitative estimate of drug-likeness (QED) is 0.659. The Labute approximate surface area is 153 Å². The average molecular weight is 370 g/mol. The highest BCUT2D eigenvalue weighted by Gasteiger charge is 2.30. The highest BCUT2D eigenvalue weighted by atomic mass is 35.5. The van der Waals surface area contributed by atoms with E-state index in [2.05, 4.69) is 4.98 Å². The molecule has 26 heavy (non-hydrogen) atoms. The van der Waals surface area contributed by atoms with Crippen LogP contribution >= 0.6 is 11.6 Å². The number of pyridine rings is 1. The lowest BCUT2D eigenvalue weighted by Gasteiger charge is -2.25. The van der Waals surface area contributed by atoms with Gasteiger partial charge in [-0.3, -0.25) is 18.7 Å². The normalized spacial score (nSPS) is 16.7. The summed E-state index contributed by atoms with van der Waals surface area (Å²) >= 11 is 6.09. The van der Waals surface area contributed by atoms with Crippen LogP contribution < -0.4 is 11.2 Å².